The van der Waals surface area contributed by atoms with Crippen LogP contribution in [0.3, 0.4) is 0 Å². The molecular formula is C47H49AuN2S. The molecule has 4 aromatic carbocycles. The molecule has 264 valence electrons. The first-order valence-corrected chi connectivity index (χ1v) is 18.7. The van der Waals surface area contributed by atoms with Crippen molar-refractivity contribution in [3.8, 4) is 33.5 Å². The van der Waals surface area contributed by atoms with E-state index in [4.69, 9.17) is 9.97 Å². The molecule has 0 atom stereocenters. The molecule has 0 saturated carbocycles. The normalized spacial score (nSPS) is 12.9. The molecule has 3 aromatic heterocycles. The molecule has 3 heterocycles. The summed E-state index contributed by atoms with van der Waals surface area (Å²) in [5.41, 5.74) is 14.3. The summed E-state index contributed by atoms with van der Waals surface area (Å²) in [6.45, 7) is 27.4. The topological polar surface area (TPSA) is 27.0 Å². The molecule has 0 spiro atoms. The van der Waals surface area contributed by atoms with Crippen LogP contribution in [0.1, 0.15) is 105 Å². The quantitative estimate of drug-likeness (QED) is 0.131. The van der Waals surface area contributed by atoms with E-state index in [1.807, 2.05) is 0 Å². The Morgan fingerprint density at radius 2 is 1.06 bits per heavy atom. The van der Waals surface area contributed by atoms with Crippen molar-refractivity contribution in [1.82, 2.24) is 9.97 Å². The zero-order valence-corrected chi connectivity index (χ0v) is 35.1. The van der Waals surface area contributed by atoms with Crippen molar-refractivity contribution < 1.29 is 22.4 Å². The van der Waals surface area contributed by atoms with E-state index in [0.29, 0.717) is 0 Å². The Kier molecular flexibility index (Phi) is 9.42. The van der Waals surface area contributed by atoms with Crippen molar-refractivity contribution in [2.75, 3.05) is 0 Å². The SMILES string of the molecule is CC(C)(C)c1cc(-c2[c-]c(-c3cc(C(C)(C)C)cc4c3[n-]c3ccc(C(C)(C)C)cc34)cc(C(C)(C)C)c2)[c-]c(-c2ccc3sccc3n2)c1.[Au+3]. The van der Waals surface area contributed by atoms with Crippen molar-refractivity contribution in [2.45, 2.75) is 105 Å². The van der Waals surface area contributed by atoms with E-state index in [0.717, 1.165) is 50.1 Å². The summed E-state index contributed by atoms with van der Waals surface area (Å²) in [6, 6.07) is 34.9. The maximum absolute atomic E-state index is 5.32. The van der Waals surface area contributed by atoms with Crippen LogP contribution in [0.5, 0.6) is 0 Å². The van der Waals surface area contributed by atoms with Crippen LogP contribution in [0.25, 0.3) is 65.5 Å². The number of benzene rings is 4. The number of fused-ring (bicyclic) bond motifs is 4. The van der Waals surface area contributed by atoms with Crippen LogP contribution in [0.2, 0.25) is 0 Å². The zero-order chi connectivity index (χ0) is 36.0. The fourth-order valence-corrected chi connectivity index (χ4v) is 7.34. The van der Waals surface area contributed by atoms with Crippen LogP contribution >= 0.6 is 11.3 Å². The van der Waals surface area contributed by atoms with Crippen LogP contribution in [-0.2, 0) is 44.0 Å². The van der Waals surface area contributed by atoms with Gasteiger partial charge in [0.05, 0.1) is 10.2 Å². The van der Waals surface area contributed by atoms with E-state index in [2.05, 4.69) is 173 Å². The van der Waals surface area contributed by atoms with Gasteiger partial charge in [0.1, 0.15) is 0 Å². The Bertz CT molecular complexity index is 2410. The summed E-state index contributed by atoms with van der Waals surface area (Å²) in [5, 5.41) is 4.54. The number of aromatic nitrogens is 2. The van der Waals surface area contributed by atoms with E-state index >= 15 is 0 Å². The van der Waals surface area contributed by atoms with Gasteiger partial charge < -0.3 is 4.98 Å². The van der Waals surface area contributed by atoms with Crippen LogP contribution in [0.4, 0.5) is 0 Å². The molecule has 0 amide bonds. The van der Waals surface area contributed by atoms with Gasteiger partial charge in [-0.2, -0.15) is 40.9 Å². The van der Waals surface area contributed by atoms with Crippen molar-refractivity contribution in [3.63, 3.8) is 0 Å². The van der Waals surface area contributed by atoms with Crippen LogP contribution in [-0.4, -0.2) is 4.98 Å². The second-order valence-electron chi connectivity index (χ2n) is 18.2. The fourth-order valence-electron chi connectivity index (χ4n) is 6.62. The van der Waals surface area contributed by atoms with Crippen LogP contribution < -0.4 is 4.98 Å². The number of thiophene rings is 1. The van der Waals surface area contributed by atoms with Crippen molar-refractivity contribution in [1.29, 1.82) is 0 Å². The number of rotatable bonds is 3. The molecule has 2 nitrogen and oxygen atoms in total. The maximum Gasteiger partial charge on any atom is 3.00 e. The molecule has 0 aliphatic rings. The Morgan fingerprint density at radius 1 is 0.529 bits per heavy atom. The summed E-state index contributed by atoms with van der Waals surface area (Å²) in [7, 11) is 0. The number of hydrogen-bond acceptors (Lipinski definition) is 2. The molecule has 0 aliphatic heterocycles. The third-order valence-electron chi connectivity index (χ3n) is 9.99. The molecule has 7 rings (SSSR count). The Morgan fingerprint density at radius 3 is 1.67 bits per heavy atom. The van der Waals surface area contributed by atoms with Gasteiger partial charge in [0.2, 0.25) is 0 Å². The molecule has 0 fully saturated rings. The second kappa shape index (κ2) is 12.9. The largest absolute Gasteiger partial charge is 3.00 e. The van der Waals surface area contributed by atoms with Crippen molar-refractivity contribution in [3.05, 3.63) is 113 Å². The third kappa shape index (κ3) is 7.29. The molecule has 0 saturated heterocycles. The Balaban J connectivity index is 0.00000448. The third-order valence-corrected chi connectivity index (χ3v) is 10.9. The van der Waals surface area contributed by atoms with Crippen LogP contribution in [0, 0.1) is 12.1 Å². The van der Waals surface area contributed by atoms with Gasteiger partial charge in [-0.05, 0) is 61.1 Å². The average molecular weight is 871 g/mol. The maximum atomic E-state index is 5.32. The predicted molar refractivity (Wildman–Crippen MR) is 217 cm³/mol. The van der Waals surface area contributed by atoms with Gasteiger partial charge in [-0.3, -0.25) is 4.98 Å². The summed E-state index contributed by atoms with van der Waals surface area (Å²) < 4.78 is 1.20. The average Bonchev–Trinajstić information content (AvgIpc) is 3.66. The predicted octanol–water partition coefficient (Wildman–Crippen LogP) is 13.3. The molecule has 51 heavy (non-hydrogen) atoms. The second-order valence-corrected chi connectivity index (χ2v) is 19.1. The number of hydrogen-bond donors (Lipinski definition) is 0. The summed E-state index contributed by atoms with van der Waals surface area (Å²) in [5.74, 6) is 0. The summed E-state index contributed by atoms with van der Waals surface area (Å²) in [4.78, 5) is 10.4. The molecule has 4 heteroatoms. The summed E-state index contributed by atoms with van der Waals surface area (Å²) >= 11 is 1.72. The smallest absolute Gasteiger partial charge is 0.663 e. The van der Waals surface area contributed by atoms with E-state index in [1.165, 1.54) is 37.7 Å². The molecule has 0 aliphatic carbocycles. The van der Waals surface area contributed by atoms with Crippen molar-refractivity contribution in [2.24, 2.45) is 0 Å². The van der Waals surface area contributed by atoms with E-state index in [-0.39, 0.29) is 44.0 Å². The molecule has 0 bridgehead atoms. The standard InChI is InChI=1S/C47H49N2S.Au/c1-44(2,3)32-13-14-40-37(25-32)38-27-35(47(10,11)12)26-36(43(38)49-40)30-19-28(21-33(23-30)45(4,5)6)29-20-31(24-34(22-29)46(7,8)9)39-15-16-42-41(48-39)17-18-50-42;/h13-18,21-27H,1-12H3;/q-3;+3. The first-order chi connectivity index (χ1) is 23.3. The van der Waals surface area contributed by atoms with E-state index in [1.54, 1.807) is 11.3 Å². The molecule has 7 aromatic rings. The fraction of sp³-hybridized carbons (Fsp3) is 0.340. The monoisotopic (exact) mass is 870 g/mol. The van der Waals surface area contributed by atoms with Crippen LogP contribution in [0.15, 0.2) is 78.2 Å². The first-order valence-electron chi connectivity index (χ1n) is 17.8. The van der Waals surface area contributed by atoms with E-state index < -0.39 is 0 Å². The zero-order valence-electron chi connectivity index (χ0n) is 32.1. The van der Waals surface area contributed by atoms with Gasteiger partial charge in [0.25, 0.3) is 0 Å². The number of nitrogens with zero attached hydrogens (tertiary/aromatic N) is 2. The van der Waals surface area contributed by atoms with Gasteiger partial charge in [-0.25, -0.2) is 0 Å². The van der Waals surface area contributed by atoms with Crippen molar-refractivity contribution >= 4 is 43.4 Å². The molecule has 0 unspecified atom stereocenters. The minimum Gasteiger partial charge on any atom is -0.663 e. The number of pyridine rings is 1. The Hall–Kier alpha value is -3.47. The van der Waals surface area contributed by atoms with Gasteiger partial charge in [-0.1, -0.05) is 125 Å². The molecule has 0 radical (unpaired) electrons. The van der Waals surface area contributed by atoms with Gasteiger partial charge in [0.15, 0.2) is 0 Å². The molecule has 0 N–H and O–H groups in total. The van der Waals surface area contributed by atoms with Gasteiger partial charge >= 0.3 is 22.4 Å². The van der Waals surface area contributed by atoms with Gasteiger partial charge in [-0.15, -0.1) is 51.2 Å². The van der Waals surface area contributed by atoms with E-state index in [9.17, 15) is 0 Å². The summed E-state index contributed by atoms with van der Waals surface area (Å²) in [6.07, 6.45) is 0. The minimum atomic E-state index is -0.0822. The minimum absolute atomic E-state index is 0. The Labute approximate surface area is 324 Å². The first kappa shape index (κ1) is 37.3. The molecular weight excluding hydrogens is 822 g/mol. The van der Waals surface area contributed by atoms with Gasteiger partial charge in [0, 0.05) is 5.69 Å².